The Kier molecular flexibility index (Phi) is 4.12. The van der Waals surface area contributed by atoms with Gasteiger partial charge >= 0.3 is 5.69 Å². The minimum Gasteiger partial charge on any atom is -0.494 e. The van der Waals surface area contributed by atoms with Gasteiger partial charge in [-0.1, -0.05) is 32.9 Å². The lowest BCUT2D eigenvalue weighted by molar-refractivity contribution is 0.102. The molecule has 0 saturated heterocycles. The Morgan fingerprint density at radius 2 is 1.64 bits per heavy atom. The predicted octanol–water partition coefficient (Wildman–Crippen LogP) is 3.41. The number of rotatable bonds is 3. The molecule has 3 N–H and O–H groups in total. The predicted molar refractivity (Wildman–Crippen MR) is 98.6 cm³/mol. The molecule has 0 saturated carbocycles. The number of ether oxygens (including phenoxy) is 1. The van der Waals surface area contributed by atoms with Crippen LogP contribution >= 0.6 is 0 Å². The summed E-state index contributed by atoms with van der Waals surface area (Å²) in [6.45, 7) is 6.37. The van der Waals surface area contributed by atoms with Crippen LogP contribution in [0.15, 0.2) is 41.2 Å². The summed E-state index contributed by atoms with van der Waals surface area (Å²) in [4.78, 5) is 29.3. The second-order valence-electron chi connectivity index (χ2n) is 6.96. The molecule has 3 aromatic rings. The Morgan fingerprint density at radius 1 is 1.04 bits per heavy atom. The van der Waals surface area contributed by atoms with Crippen LogP contribution in [0, 0.1) is 0 Å². The quantitative estimate of drug-likeness (QED) is 0.683. The third-order valence-corrected chi connectivity index (χ3v) is 4.10. The maximum atomic E-state index is 12.5. The van der Waals surface area contributed by atoms with E-state index in [1.165, 1.54) is 7.11 Å². The Morgan fingerprint density at radius 3 is 2.20 bits per heavy atom. The number of carbonyl (C=O) groups is 1. The molecule has 0 bridgehead atoms. The summed E-state index contributed by atoms with van der Waals surface area (Å²) < 4.78 is 5.31. The summed E-state index contributed by atoms with van der Waals surface area (Å²) in [7, 11) is 1.51. The highest BCUT2D eigenvalue weighted by Crippen LogP contribution is 2.29. The number of amides is 1. The van der Waals surface area contributed by atoms with Crippen LogP contribution in [0.1, 0.15) is 36.7 Å². The lowest BCUT2D eigenvalue weighted by Gasteiger charge is -2.19. The van der Waals surface area contributed by atoms with Crippen molar-refractivity contribution in [1.29, 1.82) is 0 Å². The maximum Gasteiger partial charge on any atom is 0.323 e. The summed E-state index contributed by atoms with van der Waals surface area (Å²) in [6, 6.07) is 10.9. The molecule has 25 heavy (non-hydrogen) atoms. The van der Waals surface area contributed by atoms with Crippen LogP contribution in [-0.2, 0) is 5.41 Å². The summed E-state index contributed by atoms with van der Waals surface area (Å²) >= 11 is 0. The van der Waals surface area contributed by atoms with Crippen LogP contribution in [0.25, 0.3) is 11.0 Å². The van der Waals surface area contributed by atoms with Crippen molar-refractivity contribution in [3.05, 3.63) is 58.0 Å². The largest absolute Gasteiger partial charge is 0.494 e. The fourth-order valence-electron chi connectivity index (χ4n) is 2.65. The van der Waals surface area contributed by atoms with Crippen molar-refractivity contribution < 1.29 is 9.53 Å². The zero-order valence-electron chi connectivity index (χ0n) is 14.7. The lowest BCUT2D eigenvalue weighted by Crippen LogP contribution is -2.14. The van der Waals surface area contributed by atoms with E-state index in [1.54, 1.807) is 24.3 Å². The van der Waals surface area contributed by atoms with Gasteiger partial charge in [0.25, 0.3) is 5.91 Å². The van der Waals surface area contributed by atoms with E-state index in [-0.39, 0.29) is 17.0 Å². The van der Waals surface area contributed by atoms with E-state index in [1.807, 2.05) is 12.1 Å². The lowest BCUT2D eigenvalue weighted by atomic mass is 9.87. The molecule has 1 heterocycles. The zero-order chi connectivity index (χ0) is 18.2. The number of aromatic nitrogens is 2. The van der Waals surface area contributed by atoms with Crippen LogP contribution in [0.3, 0.4) is 0 Å². The number of hydrogen-bond acceptors (Lipinski definition) is 3. The molecule has 1 aromatic heterocycles. The van der Waals surface area contributed by atoms with Crippen LogP contribution in [0.2, 0.25) is 0 Å². The molecule has 3 rings (SSSR count). The Balaban J connectivity index is 1.89. The van der Waals surface area contributed by atoms with E-state index in [4.69, 9.17) is 4.74 Å². The van der Waals surface area contributed by atoms with Crippen molar-refractivity contribution in [2.24, 2.45) is 0 Å². The highest BCUT2D eigenvalue weighted by molar-refractivity contribution is 6.06. The van der Waals surface area contributed by atoms with Crippen molar-refractivity contribution >= 4 is 22.6 Å². The third kappa shape index (κ3) is 3.42. The highest BCUT2D eigenvalue weighted by Gasteiger charge is 2.16. The molecule has 0 aliphatic heterocycles. The van der Waals surface area contributed by atoms with Gasteiger partial charge in [0, 0.05) is 11.6 Å². The van der Waals surface area contributed by atoms with Crippen molar-refractivity contribution in [3.63, 3.8) is 0 Å². The summed E-state index contributed by atoms with van der Waals surface area (Å²) in [5, 5.41) is 2.84. The standard InChI is InChI=1S/C19H21N3O3/c1-19(2,3)12-7-5-11(6-8-12)17(23)20-15-9-13-14(10-16(15)25-4)22-18(24)21-13/h5-10H,1-4H3,(H,20,23)(H2,21,22,24). The van der Waals surface area contributed by atoms with Crippen LogP contribution < -0.4 is 15.7 Å². The van der Waals surface area contributed by atoms with E-state index >= 15 is 0 Å². The molecule has 130 valence electrons. The van der Waals surface area contributed by atoms with Gasteiger partial charge in [-0.15, -0.1) is 0 Å². The number of imidazole rings is 1. The molecule has 0 aliphatic carbocycles. The van der Waals surface area contributed by atoms with Gasteiger partial charge in [0.15, 0.2) is 0 Å². The number of hydrogen-bond donors (Lipinski definition) is 3. The fraction of sp³-hybridized carbons (Fsp3) is 0.263. The third-order valence-electron chi connectivity index (χ3n) is 4.10. The van der Waals surface area contributed by atoms with Crippen molar-refractivity contribution in [1.82, 2.24) is 9.97 Å². The SMILES string of the molecule is COc1cc2[nH]c(=O)[nH]c2cc1NC(=O)c1ccc(C(C)(C)C)cc1. The summed E-state index contributed by atoms with van der Waals surface area (Å²) in [5.41, 5.74) is 3.15. The molecule has 1 amide bonds. The second-order valence-corrected chi connectivity index (χ2v) is 6.96. The van der Waals surface area contributed by atoms with Crippen molar-refractivity contribution in [3.8, 4) is 5.75 Å². The first kappa shape index (κ1) is 16.8. The topological polar surface area (TPSA) is 87.0 Å². The van der Waals surface area contributed by atoms with Crippen LogP contribution in [-0.4, -0.2) is 23.0 Å². The monoisotopic (exact) mass is 339 g/mol. The highest BCUT2D eigenvalue weighted by atomic mass is 16.5. The number of aromatic amines is 2. The first-order chi connectivity index (χ1) is 11.8. The smallest absolute Gasteiger partial charge is 0.323 e. The molecule has 0 fully saturated rings. The van der Waals surface area contributed by atoms with Gasteiger partial charge in [-0.3, -0.25) is 4.79 Å². The average Bonchev–Trinajstić information content (AvgIpc) is 2.92. The first-order valence-electron chi connectivity index (χ1n) is 8.00. The van der Waals surface area contributed by atoms with E-state index in [0.29, 0.717) is 28.0 Å². The average molecular weight is 339 g/mol. The number of fused-ring (bicyclic) bond motifs is 1. The van der Waals surface area contributed by atoms with Gasteiger partial charge in [-0.2, -0.15) is 0 Å². The van der Waals surface area contributed by atoms with E-state index < -0.39 is 0 Å². The molecule has 6 nitrogen and oxygen atoms in total. The second kappa shape index (κ2) is 6.12. The van der Waals surface area contributed by atoms with Gasteiger partial charge < -0.3 is 20.0 Å². The summed E-state index contributed by atoms with van der Waals surface area (Å²) in [6.07, 6.45) is 0. The minimum atomic E-state index is -0.307. The molecule has 6 heteroatoms. The van der Waals surface area contributed by atoms with E-state index in [0.717, 1.165) is 5.56 Å². The molecule has 2 aromatic carbocycles. The number of H-pyrrole nitrogens is 2. The van der Waals surface area contributed by atoms with Gasteiger partial charge in [-0.05, 0) is 29.2 Å². The van der Waals surface area contributed by atoms with Crippen LogP contribution in [0.4, 0.5) is 5.69 Å². The van der Waals surface area contributed by atoms with Crippen LogP contribution in [0.5, 0.6) is 5.75 Å². The van der Waals surface area contributed by atoms with Gasteiger partial charge in [0.2, 0.25) is 0 Å². The molecule has 0 spiro atoms. The number of anilines is 1. The fourth-order valence-corrected chi connectivity index (χ4v) is 2.65. The van der Waals surface area contributed by atoms with Crippen molar-refractivity contribution in [2.45, 2.75) is 26.2 Å². The Labute approximate surface area is 145 Å². The minimum absolute atomic E-state index is 0.0312. The molecule has 0 aliphatic rings. The number of nitrogens with one attached hydrogen (secondary N) is 3. The normalized spacial score (nSPS) is 11.5. The zero-order valence-corrected chi connectivity index (χ0v) is 14.7. The Bertz CT molecular complexity index is 976. The van der Waals surface area contributed by atoms with Gasteiger partial charge in [0.05, 0.1) is 23.8 Å². The van der Waals surface area contributed by atoms with Crippen molar-refractivity contribution in [2.75, 3.05) is 12.4 Å². The molecular formula is C19H21N3O3. The molecular weight excluding hydrogens is 318 g/mol. The summed E-state index contributed by atoms with van der Waals surface area (Å²) in [5.74, 6) is 0.235. The van der Waals surface area contributed by atoms with Gasteiger partial charge in [0.1, 0.15) is 5.75 Å². The maximum absolute atomic E-state index is 12.5. The number of methoxy groups -OCH3 is 1. The number of benzene rings is 2. The molecule has 0 radical (unpaired) electrons. The van der Waals surface area contributed by atoms with E-state index in [2.05, 4.69) is 36.1 Å². The van der Waals surface area contributed by atoms with E-state index in [9.17, 15) is 9.59 Å². The van der Waals surface area contributed by atoms with Gasteiger partial charge in [-0.25, -0.2) is 4.79 Å². The molecule has 0 atom stereocenters. The molecule has 0 unspecified atom stereocenters. The number of carbonyl (C=O) groups excluding carboxylic acids is 1. The Hall–Kier alpha value is -3.02. The first-order valence-corrected chi connectivity index (χ1v) is 8.00.